The van der Waals surface area contributed by atoms with Crippen LogP contribution < -0.4 is 0 Å². The van der Waals surface area contributed by atoms with Crippen LogP contribution in [-0.2, 0) is 9.53 Å². The lowest BCUT2D eigenvalue weighted by Gasteiger charge is -1.85. The number of rotatable bonds is 0. The van der Waals surface area contributed by atoms with Gasteiger partial charge < -0.3 is 4.74 Å². The van der Waals surface area contributed by atoms with Gasteiger partial charge in [0, 0.05) is 5.57 Å². The Morgan fingerprint density at radius 1 is 1.44 bits per heavy atom. The second-order valence-electron chi connectivity index (χ2n) is 1.92. The summed E-state index contributed by atoms with van der Waals surface area (Å²) < 4.78 is 4.60. The molecule has 0 aromatic rings. The number of allylic oxidation sites excluding steroid dienone is 3. The third kappa shape index (κ3) is 0.470. The summed E-state index contributed by atoms with van der Waals surface area (Å²) in [6.45, 7) is 0. The Balaban J connectivity index is 2.53. The van der Waals surface area contributed by atoms with E-state index in [0.29, 0.717) is 5.57 Å². The molecule has 0 fully saturated rings. The first-order valence-electron chi connectivity index (χ1n) is 2.68. The summed E-state index contributed by atoms with van der Waals surface area (Å²) in [7, 11) is 0. The molecule has 0 saturated heterocycles. The maximum absolute atomic E-state index is 10.7. The molecule has 44 valence electrons. The van der Waals surface area contributed by atoms with Gasteiger partial charge in [0.2, 0.25) is 0 Å². The van der Waals surface area contributed by atoms with E-state index in [1.54, 1.807) is 6.08 Å². The SMILES string of the molecule is O=C1OC=C2C=CC=C12. The zero-order valence-corrected chi connectivity index (χ0v) is 4.63. The van der Waals surface area contributed by atoms with Gasteiger partial charge in [-0.25, -0.2) is 4.79 Å². The number of hydrogen-bond acceptors (Lipinski definition) is 2. The van der Waals surface area contributed by atoms with Crippen molar-refractivity contribution in [3.05, 3.63) is 35.6 Å². The molecular weight excluding hydrogens is 116 g/mol. The Bertz CT molecular complexity index is 256. The van der Waals surface area contributed by atoms with Crippen molar-refractivity contribution in [1.29, 1.82) is 0 Å². The molecular formula is C7H4O2. The normalized spacial score (nSPS) is 21.1. The van der Waals surface area contributed by atoms with Crippen LogP contribution in [0, 0.1) is 0 Å². The lowest BCUT2D eigenvalue weighted by molar-refractivity contribution is -0.132. The molecule has 0 aromatic carbocycles. The second-order valence-corrected chi connectivity index (χ2v) is 1.92. The van der Waals surface area contributed by atoms with E-state index in [1.807, 2.05) is 12.2 Å². The highest BCUT2D eigenvalue weighted by atomic mass is 16.5. The fourth-order valence-electron chi connectivity index (χ4n) is 0.903. The van der Waals surface area contributed by atoms with E-state index < -0.39 is 0 Å². The lowest BCUT2D eigenvalue weighted by atomic mass is 10.2. The molecule has 0 unspecified atom stereocenters. The van der Waals surface area contributed by atoms with Crippen molar-refractivity contribution in [3.63, 3.8) is 0 Å². The first-order chi connectivity index (χ1) is 4.38. The Kier molecular flexibility index (Phi) is 0.681. The minimum atomic E-state index is -0.241. The zero-order valence-electron chi connectivity index (χ0n) is 4.63. The van der Waals surface area contributed by atoms with Crippen LogP contribution in [0.2, 0.25) is 0 Å². The van der Waals surface area contributed by atoms with Gasteiger partial charge in [-0.15, -0.1) is 0 Å². The average Bonchev–Trinajstić information content (AvgIpc) is 2.35. The van der Waals surface area contributed by atoms with Crippen molar-refractivity contribution in [3.8, 4) is 0 Å². The summed E-state index contributed by atoms with van der Waals surface area (Å²) in [6, 6.07) is 0. The quantitative estimate of drug-likeness (QED) is 0.444. The summed E-state index contributed by atoms with van der Waals surface area (Å²) in [4.78, 5) is 10.7. The van der Waals surface area contributed by atoms with Crippen LogP contribution in [0.25, 0.3) is 0 Å². The molecule has 2 aliphatic rings. The zero-order chi connectivity index (χ0) is 6.27. The van der Waals surface area contributed by atoms with Gasteiger partial charge in [0.05, 0.1) is 5.57 Å². The van der Waals surface area contributed by atoms with Crippen LogP contribution in [0.5, 0.6) is 0 Å². The Morgan fingerprint density at radius 3 is 3.11 bits per heavy atom. The summed E-state index contributed by atoms with van der Waals surface area (Å²) >= 11 is 0. The van der Waals surface area contributed by atoms with E-state index >= 15 is 0 Å². The molecule has 2 nitrogen and oxygen atoms in total. The van der Waals surface area contributed by atoms with Crippen LogP contribution in [0.1, 0.15) is 0 Å². The maximum Gasteiger partial charge on any atom is 0.343 e. The minimum Gasteiger partial charge on any atom is -0.430 e. The highest BCUT2D eigenvalue weighted by Crippen LogP contribution is 2.24. The van der Waals surface area contributed by atoms with Gasteiger partial charge in [-0.2, -0.15) is 0 Å². The van der Waals surface area contributed by atoms with Crippen LogP contribution in [0.4, 0.5) is 0 Å². The van der Waals surface area contributed by atoms with Gasteiger partial charge in [0.25, 0.3) is 0 Å². The summed E-state index contributed by atoms with van der Waals surface area (Å²) in [5.74, 6) is -0.241. The van der Waals surface area contributed by atoms with Gasteiger partial charge >= 0.3 is 5.97 Å². The topological polar surface area (TPSA) is 26.3 Å². The molecule has 2 heteroatoms. The van der Waals surface area contributed by atoms with E-state index in [2.05, 4.69) is 4.74 Å². The Labute approximate surface area is 52.1 Å². The van der Waals surface area contributed by atoms with Crippen LogP contribution in [0.15, 0.2) is 35.6 Å². The van der Waals surface area contributed by atoms with Crippen molar-refractivity contribution >= 4 is 5.97 Å². The minimum absolute atomic E-state index is 0.241. The monoisotopic (exact) mass is 120 g/mol. The molecule has 1 aliphatic carbocycles. The smallest absolute Gasteiger partial charge is 0.343 e. The van der Waals surface area contributed by atoms with Gasteiger partial charge in [-0.1, -0.05) is 12.2 Å². The fraction of sp³-hybridized carbons (Fsp3) is 0. The van der Waals surface area contributed by atoms with E-state index in [4.69, 9.17) is 0 Å². The number of hydrogen-bond donors (Lipinski definition) is 0. The fourth-order valence-corrected chi connectivity index (χ4v) is 0.903. The number of cyclic esters (lactones) is 1. The number of esters is 1. The molecule has 0 saturated carbocycles. The van der Waals surface area contributed by atoms with E-state index in [9.17, 15) is 4.79 Å². The van der Waals surface area contributed by atoms with Crippen molar-refractivity contribution in [2.75, 3.05) is 0 Å². The molecule has 1 heterocycles. The third-order valence-corrected chi connectivity index (χ3v) is 1.36. The highest BCUT2D eigenvalue weighted by Gasteiger charge is 2.22. The maximum atomic E-state index is 10.7. The summed E-state index contributed by atoms with van der Waals surface area (Å²) in [5.41, 5.74) is 1.56. The number of fused-ring (bicyclic) bond motifs is 1. The number of ether oxygens (including phenoxy) is 1. The van der Waals surface area contributed by atoms with Crippen molar-refractivity contribution in [1.82, 2.24) is 0 Å². The molecule has 1 aliphatic heterocycles. The van der Waals surface area contributed by atoms with Crippen LogP contribution in [0.3, 0.4) is 0 Å². The van der Waals surface area contributed by atoms with E-state index in [1.165, 1.54) is 6.26 Å². The highest BCUT2D eigenvalue weighted by molar-refractivity contribution is 5.98. The standard InChI is InChI=1S/C7H4O2/c8-7-6-3-1-2-5(6)4-9-7/h1-4H. The summed E-state index contributed by atoms with van der Waals surface area (Å²) in [6.07, 6.45) is 6.90. The van der Waals surface area contributed by atoms with Crippen molar-refractivity contribution < 1.29 is 9.53 Å². The number of carbonyl (C=O) groups is 1. The van der Waals surface area contributed by atoms with Crippen LogP contribution in [-0.4, -0.2) is 5.97 Å². The molecule has 9 heavy (non-hydrogen) atoms. The Morgan fingerprint density at radius 2 is 2.33 bits per heavy atom. The molecule has 0 amide bonds. The van der Waals surface area contributed by atoms with Gasteiger partial charge in [0.15, 0.2) is 0 Å². The first kappa shape index (κ1) is 4.56. The first-order valence-corrected chi connectivity index (χ1v) is 2.68. The molecule has 0 aromatic heterocycles. The molecule has 0 bridgehead atoms. The van der Waals surface area contributed by atoms with E-state index in [0.717, 1.165) is 5.57 Å². The summed E-state index contributed by atoms with van der Waals surface area (Å²) in [5, 5.41) is 0. The number of carbonyl (C=O) groups excluding carboxylic acids is 1. The average molecular weight is 120 g/mol. The lowest BCUT2D eigenvalue weighted by Crippen LogP contribution is -1.94. The predicted molar refractivity (Wildman–Crippen MR) is 31.4 cm³/mol. The second kappa shape index (κ2) is 1.35. The third-order valence-electron chi connectivity index (χ3n) is 1.36. The van der Waals surface area contributed by atoms with Gasteiger partial charge in [-0.3, -0.25) is 0 Å². The molecule has 0 N–H and O–H groups in total. The van der Waals surface area contributed by atoms with Gasteiger partial charge in [0.1, 0.15) is 6.26 Å². The molecule has 0 radical (unpaired) electrons. The van der Waals surface area contributed by atoms with Crippen LogP contribution >= 0.6 is 0 Å². The van der Waals surface area contributed by atoms with Gasteiger partial charge in [-0.05, 0) is 6.08 Å². The largest absolute Gasteiger partial charge is 0.430 e. The Hall–Kier alpha value is -1.31. The molecule has 0 spiro atoms. The van der Waals surface area contributed by atoms with Crippen molar-refractivity contribution in [2.45, 2.75) is 0 Å². The molecule has 0 atom stereocenters. The predicted octanol–water partition coefficient (Wildman–Crippen LogP) is 0.923. The van der Waals surface area contributed by atoms with E-state index in [-0.39, 0.29) is 5.97 Å². The van der Waals surface area contributed by atoms with Crippen molar-refractivity contribution in [2.24, 2.45) is 0 Å². The molecule has 2 rings (SSSR count).